The number of aryl methyl sites for hydroxylation is 1. The molecule has 0 fully saturated rings. The Balaban J connectivity index is 1.70. The first-order valence-electron chi connectivity index (χ1n) is 8.30. The van der Waals surface area contributed by atoms with E-state index in [1.165, 1.54) is 16.3 Å². The molecule has 1 heterocycles. The van der Waals surface area contributed by atoms with Gasteiger partial charge in [0.05, 0.1) is 0 Å². The predicted molar refractivity (Wildman–Crippen MR) is 95.1 cm³/mol. The molecule has 2 heteroatoms. The molecule has 1 spiro atoms. The summed E-state index contributed by atoms with van der Waals surface area (Å²) in [6.07, 6.45) is 5.06. The molecule has 0 radical (unpaired) electrons. The molecule has 0 unspecified atom stereocenters. The van der Waals surface area contributed by atoms with Crippen LogP contribution in [0.2, 0.25) is 0 Å². The van der Waals surface area contributed by atoms with Gasteiger partial charge in [-0.1, -0.05) is 60.7 Å². The van der Waals surface area contributed by atoms with Crippen molar-refractivity contribution in [2.24, 2.45) is 0 Å². The number of carbonyl (C=O) groups is 1. The van der Waals surface area contributed by atoms with Crippen molar-refractivity contribution < 1.29 is 9.53 Å². The number of benzene rings is 3. The Labute approximate surface area is 140 Å². The third kappa shape index (κ3) is 1.74. The fourth-order valence-corrected chi connectivity index (χ4v) is 4.02. The van der Waals surface area contributed by atoms with Gasteiger partial charge in [0.25, 0.3) is 0 Å². The van der Waals surface area contributed by atoms with Gasteiger partial charge in [-0.25, -0.2) is 0 Å². The first-order valence-corrected chi connectivity index (χ1v) is 8.30. The molecule has 0 saturated carbocycles. The Hall–Kier alpha value is -2.87. The van der Waals surface area contributed by atoms with Crippen LogP contribution < -0.4 is 4.74 Å². The van der Waals surface area contributed by atoms with Gasteiger partial charge in [0.15, 0.2) is 5.60 Å². The standard InChI is InChI=1S/C22H16O2/c23-21-12-10-16-6-2-4-8-19(16)22(21)14-13-18-17-7-3-1-5-15(17)9-11-20(18)24-22/h1-12H,13-14H2/t22-/m1/s1. The van der Waals surface area contributed by atoms with Gasteiger partial charge < -0.3 is 4.74 Å². The molecule has 2 aliphatic rings. The quantitative estimate of drug-likeness (QED) is 0.603. The minimum atomic E-state index is -0.874. The number of rotatable bonds is 0. The van der Waals surface area contributed by atoms with Crippen LogP contribution in [0.15, 0.2) is 66.7 Å². The maximum atomic E-state index is 12.8. The highest BCUT2D eigenvalue weighted by Crippen LogP contribution is 2.45. The van der Waals surface area contributed by atoms with Crippen LogP contribution in [0.25, 0.3) is 16.8 Å². The van der Waals surface area contributed by atoms with E-state index >= 15 is 0 Å². The number of carbonyl (C=O) groups excluding carboxylic acids is 1. The molecule has 0 amide bonds. The zero-order chi connectivity index (χ0) is 16.1. The summed E-state index contributed by atoms with van der Waals surface area (Å²) in [6.45, 7) is 0. The Morgan fingerprint density at radius 1 is 0.875 bits per heavy atom. The van der Waals surface area contributed by atoms with Crippen LogP contribution in [0.3, 0.4) is 0 Å². The van der Waals surface area contributed by atoms with Crippen molar-refractivity contribution in [1.82, 2.24) is 0 Å². The fourth-order valence-electron chi connectivity index (χ4n) is 4.02. The lowest BCUT2D eigenvalue weighted by Gasteiger charge is -2.39. The number of ether oxygens (including phenoxy) is 1. The van der Waals surface area contributed by atoms with Crippen molar-refractivity contribution in [3.05, 3.63) is 83.4 Å². The van der Waals surface area contributed by atoms with Gasteiger partial charge >= 0.3 is 0 Å². The lowest BCUT2D eigenvalue weighted by atomic mass is 9.76. The summed E-state index contributed by atoms with van der Waals surface area (Å²) in [7, 11) is 0. The highest BCUT2D eigenvalue weighted by molar-refractivity contribution is 6.04. The molecule has 116 valence electrons. The second kappa shape index (κ2) is 4.81. The second-order valence-electron chi connectivity index (χ2n) is 6.48. The van der Waals surface area contributed by atoms with Gasteiger partial charge in [-0.15, -0.1) is 0 Å². The van der Waals surface area contributed by atoms with E-state index in [2.05, 4.69) is 24.3 Å². The highest BCUT2D eigenvalue weighted by Gasteiger charge is 2.46. The van der Waals surface area contributed by atoms with Crippen molar-refractivity contribution in [2.45, 2.75) is 18.4 Å². The third-order valence-corrected chi connectivity index (χ3v) is 5.22. The van der Waals surface area contributed by atoms with E-state index in [1.54, 1.807) is 6.08 Å². The molecule has 3 aromatic rings. The summed E-state index contributed by atoms with van der Waals surface area (Å²) in [5, 5.41) is 2.43. The smallest absolute Gasteiger partial charge is 0.203 e. The van der Waals surface area contributed by atoms with Crippen molar-refractivity contribution in [3.8, 4) is 5.75 Å². The molecule has 0 aromatic heterocycles. The molecule has 2 nitrogen and oxygen atoms in total. The van der Waals surface area contributed by atoms with Crippen LogP contribution in [0, 0.1) is 0 Å². The minimum absolute atomic E-state index is 0.0417. The Morgan fingerprint density at radius 2 is 1.71 bits per heavy atom. The van der Waals surface area contributed by atoms with Crippen LogP contribution in [0.1, 0.15) is 23.1 Å². The Morgan fingerprint density at radius 3 is 2.67 bits per heavy atom. The first-order chi connectivity index (χ1) is 11.8. The Bertz CT molecular complexity index is 1020. The summed E-state index contributed by atoms with van der Waals surface area (Å²) >= 11 is 0. The molecule has 1 aliphatic carbocycles. The van der Waals surface area contributed by atoms with Gasteiger partial charge in [-0.05, 0) is 34.9 Å². The maximum absolute atomic E-state index is 12.8. The van der Waals surface area contributed by atoms with Crippen LogP contribution in [0.4, 0.5) is 0 Å². The van der Waals surface area contributed by atoms with Crippen molar-refractivity contribution in [3.63, 3.8) is 0 Å². The van der Waals surface area contributed by atoms with E-state index in [-0.39, 0.29) is 5.78 Å². The largest absolute Gasteiger partial charge is 0.474 e. The van der Waals surface area contributed by atoms with Gasteiger partial charge in [0.1, 0.15) is 5.75 Å². The zero-order valence-electron chi connectivity index (χ0n) is 13.2. The van der Waals surface area contributed by atoms with E-state index in [1.807, 2.05) is 42.5 Å². The average molecular weight is 312 g/mol. The zero-order valence-corrected chi connectivity index (χ0v) is 13.2. The third-order valence-electron chi connectivity index (χ3n) is 5.22. The molecule has 5 rings (SSSR count). The lowest BCUT2D eigenvalue weighted by molar-refractivity contribution is -0.132. The fraction of sp³-hybridized carbons (Fsp3) is 0.136. The van der Waals surface area contributed by atoms with Crippen LogP contribution >= 0.6 is 0 Å². The van der Waals surface area contributed by atoms with Crippen molar-refractivity contribution in [2.75, 3.05) is 0 Å². The average Bonchev–Trinajstić information content (AvgIpc) is 2.65. The van der Waals surface area contributed by atoms with Crippen molar-refractivity contribution >= 4 is 22.6 Å². The van der Waals surface area contributed by atoms with Crippen LogP contribution in [-0.4, -0.2) is 5.78 Å². The summed E-state index contributed by atoms with van der Waals surface area (Å²) < 4.78 is 6.41. The number of ketones is 1. The summed E-state index contributed by atoms with van der Waals surface area (Å²) in [4.78, 5) is 12.8. The second-order valence-corrected chi connectivity index (χ2v) is 6.48. The molecule has 0 N–H and O–H groups in total. The van der Waals surface area contributed by atoms with E-state index < -0.39 is 5.60 Å². The monoisotopic (exact) mass is 312 g/mol. The molecule has 0 saturated heterocycles. The van der Waals surface area contributed by atoms with Gasteiger partial charge in [-0.2, -0.15) is 0 Å². The number of fused-ring (bicyclic) bond motifs is 5. The molecule has 1 aliphatic heterocycles. The van der Waals surface area contributed by atoms with Crippen LogP contribution in [0.5, 0.6) is 5.75 Å². The summed E-state index contributed by atoms with van der Waals surface area (Å²) in [5.74, 6) is 0.874. The van der Waals surface area contributed by atoms with E-state index in [0.717, 1.165) is 23.3 Å². The number of hydrogen-bond acceptors (Lipinski definition) is 2. The Kier molecular flexibility index (Phi) is 2.72. The van der Waals surface area contributed by atoms with Gasteiger partial charge in [0, 0.05) is 17.5 Å². The summed E-state index contributed by atoms with van der Waals surface area (Å²) in [5.41, 5.74) is 2.39. The van der Waals surface area contributed by atoms with Gasteiger partial charge in [-0.3, -0.25) is 4.79 Å². The molecule has 3 aromatic carbocycles. The predicted octanol–water partition coefficient (Wildman–Crippen LogP) is 4.66. The molecule has 0 bridgehead atoms. The van der Waals surface area contributed by atoms with Crippen molar-refractivity contribution in [1.29, 1.82) is 0 Å². The van der Waals surface area contributed by atoms with Crippen LogP contribution in [-0.2, 0) is 16.8 Å². The molecular weight excluding hydrogens is 296 g/mol. The highest BCUT2D eigenvalue weighted by atomic mass is 16.5. The van der Waals surface area contributed by atoms with Gasteiger partial charge in [0.2, 0.25) is 5.78 Å². The molecule has 1 atom stereocenters. The van der Waals surface area contributed by atoms with E-state index in [0.29, 0.717) is 6.42 Å². The first kappa shape index (κ1) is 13.6. The maximum Gasteiger partial charge on any atom is 0.203 e. The molecular formula is C22H16O2. The SMILES string of the molecule is O=C1C=Cc2ccccc2[C@]12CCc1c(ccc3ccccc13)O2. The topological polar surface area (TPSA) is 26.3 Å². The lowest BCUT2D eigenvalue weighted by Crippen LogP contribution is -2.45. The molecule has 24 heavy (non-hydrogen) atoms. The normalized spacial score (nSPS) is 21.4. The minimum Gasteiger partial charge on any atom is -0.474 e. The number of hydrogen-bond donors (Lipinski definition) is 0. The van der Waals surface area contributed by atoms with E-state index in [9.17, 15) is 4.79 Å². The summed E-state index contributed by atoms with van der Waals surface area (Å²) in [6, 6.07) is 20.5. The van der Waals surface area contributed by atoms with E-state index in [4.69, 9.17) is 4.74 Å².